The molecule has 2 N–H and O–H groups in total. The summed E-state index contributed by atoms with van der Waals surface area (Å²) in [5.41, 5.74) is 1.66. The summed E-state index contributed by atoms with van der Waals surface area (Å²) in [5, 5.41) is 12.7. The standard InChI is InChI=1S/C21H23ClN2O3/c1-14(23-20(26)17-2-6-18(22)7-3-17)21(27)24-12-10-16(11-13-24)15-4-8-19(25)9-5-15/h2-9,14,16,25H,10-13H2,1H3,(H,23,26). The molecule has 1 unspecified atom stereocenters. The normalized spacial score (nSPS) is 16.0. The predicted octanol–water partition coefficient (Wildman–Crippen LogP) is 3.57. The lowest BCUT2D eigenvalue weighted by Gasteiger charge is -2.34. The van der Waals surface area contributed by atoms with Gasteiger partial charge in [-0.1, -0.05) is 23.7 Å². The van der Waals surface area contributed by atoms with Crippen LogP contribution >= 0.6 is 11.6 Å². The Hall–Kier alpha value is -2.53. The highest BCUT2D eigenvalue weighted by Crippen LogP contribution is 2.29. The van der Waals surface area contributed by atoms with Gasteiger partial charge in [0.15, 0.2) is 0 Å². The van der Waals surface area contributed by atoms with Crippen LogP contribution in [-0.4, -0.2) is 41.0 Å². The molecule has 1 aliphatic rings. The lowest BCUT2D eigenvalue weighted by atomic mass is 9.89. The number of carbonyl (C=O) groups is 2. The van der Waals surface area contributed by atoms with Crippen LogP contribution in [0, 0.1) is 0 Å². The summed E-state index contributed by atoms with van der Waals surface area (Å²) in [6.45, 7) is 3.03. The fraction of sp³-hybridized carbons (Fsp3) is 0.333. The fourth-order valence-electron chi connectivity index (χ4n) is 3.40. The highest BCUT2D eigenvalue weighted by Gasteiger charge is 2.27. The van der Waals surface area contributed by atoms with Crippen LogP contribution in [0.5, 0.6) is 5.75 Å². The van der Waals surface area contributed by atoms with E-state index in [-0.39, 0.29) is 17.6 Å². The van der Waals surface area contributed by atoms with Crippen LogP contribution in [0.15, 0.2) is 48.5 Å². The third kappa shape index (κ3) is 4.80. The molecule has 3 rings (SSSR count). The molecule has 142 valence electrons. The van der Waals surface area contributed by atoms with E-state index in [4.69, 9.17) is 11.6 Å². The molecular formula is C21H23ClN2O3. The zero-order valence-corrected chi connectivity index (χ0v) is 15.9. The number of halogens is 1. The molecule has 2 amide bonds. The number of amides is 2. The van der Waals surface area contributed by atoms with Crippen molar-refractivity contribution in [3.05, 3.63) is 64.7 Å². The van der Waals surface area contributed by atoms with Crippen LogP contribution < -0.4 is 5.32 Å². The van der Waals surface area contributed by atoms with E-state index in [1.807, 2.05) is 17.0 Å². The smallest absolute Gasteiger partial charge is 0.251 e. The number of likely N-dealkylation sites (tertiary alicyclic amines) is 1. The van der Waals surface area contributed by atoms with Gasteiger partial charge in [0.1, 0.15) is 11.8 Å². The van der Waals surface area contributed by atoms with Gasteiger partial charge in [-0.2, -0.15) is 0 Å². The molecule has 27 heavy (non-hydrogen) atoms. The highest BCUT2D eigenvalue weighted by molar-refractivity contribution is 6.30. The number of benzene rings is 2. The van der Waals surface area contributed by atoms with Crippen molar-refractivity contribution < 1.29 is 14.7 Å². The molecule has 5 nitrogen and oxygen atoms in total. The van der Waals surface area contributed by atoms with Gasteiger partial charge in [-0.25, -0.2) is 0 Å². The van der Waals surface area contributed by atoms with Crippen LogP contribution in [0.3, 0.4) is 0 Å². The van der Waals surface area contributed by atoms with Crippen molar-refractivity contribution >= 4 is 23.4 Å². The number of phenols is 1. The van der Waals surface area contributed by atoms with Gasteiger partial charge in [0.25, 0.3) is 5.91 Å². The first-order chi connectivity index (χ1) is 12.9. The monoisotopic (exact) mass is 386 g/mol. The minimum atomic E-state index is -0.585. The third-order valence-electron chi connectivity index (χ3n) is 5.00. The largest absolute Gasteiger partial charge is 0.508 e. The van der Waals surface area contributed by atoms with Crippen LogP contribution in [0.4, 0.5) is 0 Å². The molecule has 0 spiro atoms. The van der Waals surface area contributed by atoms with Crippen molar-refractivity contribution in [2.45, 2.75) is 31.7 Å². The molecule has 1 aliphatic heterocycles. The average Bonchev–Trinajstić information content (AvgIpc) is 2.68. The molecule has 1 atom stereocenters. The average molecular weight is 387 g/mol. The number of hydrogen-bond donors (Lipinski definition) is 2. The summed E-state index contributed by atoms with van der Waals surface area (Å²) in [6.07, 6.45) is 1.74. The van der Waals surface area contributed by atoms with Crippen molar-refractivity contribution in [2.75, 3.05) is 13.1 Å². The van der Waals surface area contributed by atoms with E-state index in [1.165, 1.54) is 5.56 Å². The van der Waals surface area contributed by atoms with Crippen molar-refractivity contribution in [1.82, 2.24) is 10.2 Å². The van der Waals surface area contributed by atoms with E-state index in [0.29, 0.717) is 29.6 Å². The van der Waals surface area contributed by atoms with Gasteiger partial charge >= 0.3 is 0 Å². The molecule has 0 saturated carbocycles. The maximum absolute atomic E-state index is 12.7. The van der Waals surface area contributed by atoms with Gasteiger partial charge in [-0.15, -0.1) is 0 Å². The molecule has 2 aromatic rings. The van der Waals surface area contributed by atoms with Gasteiger partial charge in [0.05, 0.1) is 0 Å². The molecule has 1 fully saturated rings. The predicted molar refractivity (Wildman–Crippen MR) is 105 cm³/mol. The lowest BCUT2D eigenvalue weighted by molar-refractivity contribution is -0.133. The van der Waals surface area contributed by atoms with Crippen LogP contribution in [0.25, 0.3) is 0 Å². The van der Waals surface area contributed by atoms with Crippen LogP contribution in [0.1, 0.15) is 41.6 Å². The second-order valence-electron chi connectivity index (χ2n) is 6.89. The number of aromatic hydroxyl groups is 1. The Balaban J connectivity index is 1.53. The lowest BCUT2D eigenvalue weighted by Crippen LogP contribution is -2.49. The number of nitrogens with zero attached hydrogens (tertiary/aromatic N) is 1. The zero-order valence-electron chi connectivity index (χ0n) is 15.2. The van der Waals surface area contributed by atoms with Gasteiger partial charge in [-0.05, 0) is 67.6 Å². The Morgan fingerprint density at radius 3 is 2.26 bits per heavy atom. The Labute approximate surface area is 163 Å². The van der Waals surface area contributed by atoms with Gasteiger partial charge in [0, 0.05) is 23.7 Å². The number of rotatable bonds is 4. The van der Waals surface area contributed by atoms with Crippen LogP contribution in [0.2, 0.25) is 5.02 Å². The van der Waals surface area contributed by atoms with E-state index in [1.54, 1.807) is 43.3 Å². The second-order valence-corrected chi connectivity index (χ2v) is 7.33. The first-order valence-electron chi connectivity index (χ1n) is 9.08. The summed E-state index contributed by atoms with van der Waals surface area (Å²) in [4.78, 5) is 26.7. The summed E-state index contributed by atoms with van der Waals surface area (Å²) in [5.74, 6) is 0.290. The van der Waals surface area contributed by atoms with Crippen molar-refractivity contribution in [1.29, 1.82) is 0 Å². The Morgan fingerprint density at radius 2 is 1.67 bits per heavy atom. The number of piperidine rings is 1. The number of carbonyl (C=O) groups excluding carboxylic acids is 2. The Morgan fingerprint density at radius 1 is 1.07 bits per heavy atom. The highest BCUT2D eigenvalue weighted by atomic mass is 35.5. The first-order valence-corrected chi connectivity index (χ1v) is 9.46. The number of hydrogen-bond acceptors (Lipinski definition) is 3. The van der Waals surface area contributed by atoms with E-state index >= 15 is 0 Å². The molecule has 1 saturated heterocycles. The Bertz CT molecular complexity index is 797. The molecule has 6 heteroatoms. The SMILES string of the molecule is CC(NC(=O)c1ccc(Cl)cc1)C(=O)N1CCC(c2ccc(O)cc2)CC1. The molecule has 0 bridgehead atoms. The van der Waals surface area contributed by atoms with E-state index in [0.717, 1.165) is 12.8 Å². The van der Waals surface area contributed by atoms with Crippen molar-refractivity contribution in [2.24, 2.45) is 0 Å². The van der Waals surface area contributed by atoms with E-state index in [9.17, 15) is 14.7 Å². The second kappa shape index (κ2) is 8.44. The minimum absolute atomic E-state index is 0.0681. The topological polar surface area (TPSA) is 69.6 Å². The molecular weight excluding hydrogens is 364 g/mol. The number of phenolic OH excluding ortho intramolecular Hbond substituents is 1. The van der Waals surface area contributed by atoms with Gasteiger partial charge in [0.2, 0.25) is 5.91 Å². The van der Waals surface area contributed by atoms with Gasteiger partial charge in [-0.3, -0.25) is 9.59 Å². The summed E-state index contributed by atoms with van der Waals surface area (Å²) >= 11 is 5.83. The molecule has 0 aromatic heterocycles. The van der Waals surface area contributed by atoms with Crippen LogP contribution in [-0.2, 0) is 4.79 Å². The molecule has 0 radical (unpaired) electrons. The van der Waals surface area contributed by atoms with Crippen molar-refractivity contribution in [3.63, 3.8) is 0 Å². The minimum Gasteiger partial charge on any atom is -0.508 e. The first kappa shape index (κ1) is 19.2. The van der Waals surface area contributed by atoms with Crippen molar-refractivity contribution in [3.8, 4) is 5.75 Å². The molecule has 2 aromatic carbocycles. The third-order valence-corrected chi connectivity index (χ3v) is 5.25. The fourth-order valence-corrected chi connectivity index (χ4v) is 3.52. The Kier molecular flexibility index (Phi) is 6.01. The zero-order chi connectivity index (χ0) is 19.4. The summed E-state index contributed by atoms with van der Waals surface area (Å²) < 4.78 is 0. The number of nitrogens with one attached hydrogen (secondary N) is 1. The maximum Gasteiger partial charge on any atom is 0.251 e. The van der Waals surface area contributed by atoms with E-state index in [2.05, 4.69) is 5.32 Å². The summed E-state index contributed by atoms with van der Waals surface area (Å²) in [6, 6.07) is 13.3. The van der Waals surface area contributed by atoms with E-state index < -0.39 is 6.04 Å². The quantitative estimate of drug-likeness (QED) is 0.843. The molecule has 1 heterocycles. The van der Waals surface area contributed by atoms with Gasteiger partial charge < -0.3 is 15.3 Å². The maximum atomic E-state index is 12.7. The summed E-state index contributed by atoms with van der Waals surface area (Å²) in [7, 11) is 0. The molecule has 0 aliphatic carbocycles.